The number of ether oxygens (including phenoxy) is 7. The van der Waals surface area contributed by atoms with E-state index in [1.54, 1.807) is 42.5 Å². The number of carbonyl (C=O) groups is 4. The molecule has 0 amide bonds. The van der Waals surface area contributed by atoms with Crippen molar-refractivity contribution in [2.24, 2.45) is 0 Å². The fraction of sp³-hybridized carbons (Fsp3) is 0.135. The lowest BCUT2D eigenvalue weighted by Gasteiger charge is -2.14. The van der Waals surface area contributed by atoms with E-state index in [4.69, 9.17) is 33.2 Å². The van der Waals surface area contributed by atoms with Gasteiger partial charge in [-0.25, -0.2) is 19.2 Å². The first-order valence-electron chi connectivity index (χ1n) is 14.5. The fourth-order valence-electron chi connectivity index (χ4n) is 4.22. The van der Waals surface area contributed by atoms with Gasteiger partial charge in [-0.15, -0.1) is 0 Å². The van der Waals surface area contributed by atoms with Crippen molar-refractivity contribution < 1.29 is 52.3 Å². The first kappa shape index (κ1) is 34.5. The molecule has 0 aliphatic rings. The van der Waals surface area contributed by atoms with Gasteiger partial charge in [-0.3, -0.25) is 0 Å². The zero-order valence-electron chi connectivity index (χ0n) is 25.9. The summed E-state index contributed by atoms with van der Waals surface area (Å²) in [6, 6.07) is 23.5. The molecule has 0 aromatic heterocycles. The van der Waals surface area contributed by atoms with Crippen LogP contribution in [0.1, 0.15) is 15.9 Å². The van der Waals surface area contributed by atoms with Crippen LogP contribution in [0.5, 0.6) is 17.2 Å². The van der Waals surface area contributed by atoms with Crippen molar-refractivity contribution in [1.29, 1.82) is 0 Å². The SMILES string of the molecule is C=CC(=O)OCOc1ccc(-c2ccc3cc(C(=O)OCCc4ccc(OCOC(=O)C=C)c(OCOC(=O)C=C)c4)ccc3c2)cc1. The topological polar surface area (TPSA) is 133 Å². The van der Waals surface area contributed by atoms with Crippen molar-refractivity contribution >= 4 is 34.6 Å². The highest BCUT2D eigenvalue weighted by Gasteiger charge is 2.12. The molecule has 11 heteroatoms. The summed E-state index contributed by atoms with van der Waals surface area (Å²) in [5.74, 6) is -1.37. The van der Waals surface area contributed by atoms with Gasteiger partial charge in [0, 0.05) is 24.6 Å². The Morgan fingerprint density at radius 3 is 1.75 bits per heavy atom. The summed E-state index contributed by atoms with van der Waals surface area (Å²) in [6.07, 6.45) is 3.42. The van der Waals surface area contributed by atoms with Crippen LogP contribution in [0.25, 0.3) is 21.9 Å². The van der Waals surface area contributed by atoms with Gasteiger partial charge in [0.25, 0.3) is 0 Å². The third kappa shape index (κ3) is 10.1. The Labute approximate surface area is 276 Å². The molecule has 11 nitrogen and oxygen atoms in total. The molecule has 4 aromatic rings. The molecule has 48 heavy (non-hydrogen) atoms. The van der Waals surface area contributed by atoms with Gasteiger partial charge in [0.2, 0.25) is 20.4 Å². The molecule has 0 saturated heterocycles. The van der Waals surface area contributed by atoms with E-state index in [-0.39, 0.29) is 24.9 Å². The van der Waals surface area contributed by atoms with Crippen LogP contribution in [-0.2, 0) is 39.8 Å². The molecule has 4 rings (SSSR count). The molecule has 0 aliphatic carbocycles. The molecule has 0 spiro atoms. The monoisotopic (exact) mass is 652 g/mol. The fourth-order valence-corrected chi connectivity index (χ4v) is 4.22. The molecule has 0 fully saturated rings. The van der Waals surface area contributed by atoms with E-state index >= 15 is 0 Å². The Kier molecular flexibility index (Phi) is 12.5. The van der Waals surface area contributed by atoms with E-state index in [9.17, 15) is 19.2 Å². The molecule has 0 N–H and O–H groups in total. The largest absolute Gasteiger partial charge is 0.462 e. The summed E-state index contributed by atoms with van der Waals surface area (Å²) >= 11 is 0. The Bertz CT molecular complexity index is 1810. The number of rotatable bonds is 17. The van der Waals surface area contributed by atoms with Gasteiger partial charge in [-0.1, -0.05) is 56.1 Å². The smallest absolute Gasteiger partial charge is 0.338 e. The van der Waals surface area contributed by atoms with E-state index in [0.29, 0.717) is 17.7 Å². The van der Waals surface area contributed by atoms with Gasteiger partial charge in [0.05, 0.1) is 12.2 Å². The summed E-state index contributed by atoms with van der Waals surface area (Å²) in [5.41, 5.74) is 3.07. The molecular formula is C37H32O11. The second-order valence-electron chi connectivity index (χ2n) is 9.76. The van der Waals surface area contributed by atoms with E-state index in [2.05, 4.69) is 19.7 Å². The van der Waals surface area contributed by atoms with Gasteiger partial charge in [0.15, 0.2) is 11.5 Å². The van der Waals surface area contributed by atoms with Crippen LogP contribution in [0.3, 0.4) is 0 Å². The van der Waals surface area contributed by atoms with Crippen molar-refractivity contribution in [1.82, 2.24) is 0 Å². The van der Waals surface area contributed by atoms with Crippen molar-refractivity contribution in [3.8, 4) is 28.4 Å². The minimum absolute atomic E-state index is 0.0776. The molecule has 0 atom stereocenters. The lowest BCUT2D eigenvalue weighted by molar-refractivity contribution is -0.146. The van der Waals surface area contributed by atoms with Crippen LogP contribution in [0.2, 0.25) is 0 Å². The minimum atomic E-state index is -0.668. The van der Waals surface area contributed by atoms with Crippen LogP contribution >= 0.6 is 0 Å². The highest BCUT2D eigenvalue weighted by atomic mass is 16.7. The van der Waals surface area contributed by atoms with Crippen molar-refractivity contribution in [3.63, 3.8) is 0 Å². The predicted octanol–water partition coefficient (Wildman–Crippen LogP) is 6.10. The maximum absolute atomic E-state index is 12.9. The maximum Gasteiger partial charge on any atom is 0.338 e. The molecule has 0 saturated carbocycles. The third-order valence-corrected chi connectivity index (χ3v) is 6.65. The van der Waals surface area contributed by atoms with E-state index in [0.717, 1.165) is 45.7 Å². The summed E-state index contributed by atoms with van der Waals surface area (Å²) in [7, 11) is 0. The Hall–Kier alpha value is -6.36. The number of fused-ring (bicyclic) bond motifs is 1. The van der Waals surface area contributed by atoms with Crippen molar-refractivity contribution in [2.75, 3.05) is 27.0 Å². The van der Waals surface area contributed by atoms with Gasteiger partial charge in [-0.2, -0.15) is 0 Å². The second-order valence-corrected chi connectivity index (χ2v) is 9.76. The van der Waals surface area contributed by atoms with E-state index in [1.165, 1.54) is 0 Å². The molecule has 0 aliphatic heterocycles. The van der Waals surface area contributed by atoms with Gasteiger partial charge >= 0.3 is 23.9 Å². The molecule has 0 unspecified atom stereocenters. The molecule has 246 valence electrons. The van der Waals surface area contributed by atoms with Gasteiger partial charge < -0.3 is 33.2 Å². The summed E-state index contributed by atoms with van der Waals surface area (Å²) in [4.78, 5) is 46.7. The first-order valence-corrected chi connectivity index (χ1v) is 14.5. The third-order valence-electron chi connectivity index (χ3n) is 6.65. The number of hydrogen-bond acceptors (Lipinski definition) is 11. The normalized spacial score (nSPS) is 10.2. The molecule has 4 aromatic carbocycles. The van der Waals surface area contributed by atoms with Gasteiger partial charge in [-0.05, 0) is 69.9 Å². The van der Waals surface area contributed by atoms with Crippen molar-refractivity contribution in [2.45, 2.75) is 6.42 Å². The lowest BCUT2D eigenvalue weighted by atomic mass is 10.00. The van der Waals surface area contributed by atoms with E-state index < -0.39 is 37.5 Å². The summed E-state index contributed by atoms with van der Waals surface area (Å²) in [6.45, 7) is 9.05. The average molecular weight is 653 g/mol. The van der Waals surface area contributed by atoms with Crippen LogP contribution < -0.4 is 14.2 Å². The predicted molar refractivity (Wildman–Crippen MR) is 175 cm³/mol. The number of hydrogen-bond donors (Lipinski definition) is 0. The van der Waals surface area contributed by atoms with Gasteiger partial charge in [0.1, 0.15) is 5.75 Å². The highest BCUT2D eigenvalue weighted by Crippen LogP contribution is 2.30. The van der Waals surface area contributed by atoms with Crippen LogP contribution in [0, 0.1) is 0 Å². The standard InChI is InChI=1S/C37H32O11/c1-4-34(38)46-22-43-31-14-12-26(13-15-31)27-8-9-29-21-30(11-10-28(29)20-27)37(41)42-18-17-25-7-16-32(44-23-47-35(39)5-2)33(19-25)45-24-48-36(40)6-3/h4-16,19-21H,1-3,17-18,22-24H2. The average Bonchev–Trinajstić information content (AvgIpc) is 3.11. The number of benzene rings is 4. The lowest BCUT2D eigenvalue weighted by Crippen LogP contribution is -2.11. The number of carbonyl (C=O) groups excluding carboxylic acids is 4. The van der Waals surface area contributed by atoms with E-state index in [1.807, 2.05) is 36.4 Å². The minimum Gasteiger partial charge on any atom is -0.462 e. The Morgan fingerprint density at radius 1 is 0.542 bits per heavy atom. The summed E-state index contributed by atoms with van der Waals surface area (Å²) in [5, 5.41) is 1.80. The second kappa shape index (κ2) is 17.4. The quantitative estimate of drug-likeness (QED) is 0.0567. The zero-order valence-corrected chi connectivity index (χ0v) is 25.9. The zero-order chi connectivity index (χ0) is 34.3. The maximum atomic E-state index is 12.9. The molecular weight excluding hydrogens is 620 g/mol. The molecule has 0 bridgehead atoms. The number of esters is 4. The van der Waals surface area contributed by atoms with Crippen LogP contribution in [-0.4, -0.2) is 50.9 Å². The first-order chi connectivity index (χ1) is 23.3. The Morgan fingerprint density at radius 2 is 1.10 bits per heavy atom. The molecule has 0 radical (unpaired) electrons. The van der Waals surface area contributed by atoms with Crippen LogP contribution in [0.4, 0.5) is 0 Å². The van der Waals surface area contributed by atoms with Crippen molar-refractivity contribution in [3.05, 3.63) is 128 Å². The Balaban J connectivity index is 1.34. The molecule has 0 heterocycles. The summed E-state index contributed by atoms with van der Waals surface area (Å²) < 4.78 is 36.5. The highest BCUT2D eigenvalue weighted by molar-refractivity contribution is 5.96. The van der Waals surface area contributed by atoms with Crippen LogP contribution in [0.15, 0.2) is 117 Å².